The van der Waals surface area contributed by atoms with Crippen LogP contribution in [-0.4, -0.2) is 47.3 Å². The van der Waals surface area contributed by atoms with Crippen LogP contribution in [0.1, 0.15) is 52.9 Å². The number of nitrogens with one attached hydrogen (secondary N) is 1. The molecule has 2 bridgehead atoms. The third-order valence-corrected chi connectivity index (χ3v) is 6.70. The van der Waals surface area contributed by atoms with E-state index in [2.05, 4.69) is 24.1 Å². The number of ether oxygens (including phenoxy) is 1. The van der Waals surface area contributed by atoms with E-state index < -0.39 is 5.82 Å². The van der Waals surface area contributed by atoms with Crippen molar-refractivity contribution in [2.75, 3.05) is 13.2 Å². The Kier molecular flexibility index (Phi) is 5.80. The predicted molar refractivity (Wildman–Crippen MR) is 113 cm³/mol. The van der Waals surface area contributed by atoms with Gasteiger partial charge in [-0.3, -0.25) is 9.69 Å². The number of carbonyl (C=O) groups excluding carboxylic acids is 1. The van der Waals surface area contributed by atoms with Crippen LogP contribution >= 0.6 is 0 Å². The second-order valence-corrected chi connectivity index (χ2v) is 8.54. The second kappa shape index (κ2) is 8.36. The average Bonchev–Trinajstić information content (AvgIpc) is 2.71. The smallest absolute Gasteiger partial charge is 0.251 e. The molecule has 2 aromatic carbocycles. The first kappa shape index (κ1) is 20.8. The van der Waals surface area contributed by atoms with Crippen LogP contribution in [0.15, 0.2) is 36.4 Å². The summed E-state index contributed by atoms with van der Waals surface area (Å²) in [5.41, 5.74) is 3.59. The monoisotopic (exact) mass is 412 g/mol. The van der Waals surface area contributed by atoms with Crippen LogP contribution in [0.2, 0.25) is 0 Å². The Bertz CT molecular complexity index is 934. The number of fused-ring (bicyclic) bond motifs is 2. The highest BCUT2D eigenvalue weighted by atomic mass is 19.1. The van der Waals surface area contributed by atoms with E-state index >= 15 is 0 Å². The maximum absolute atomic E-state index is 13.5. The molecule has 3 atom stereocenters. The first-order valence-electron chi connectivity index (χ1n) is 10.6. The minimum atomic E-state index is -0.406. The summed E-state index contributed by atoms with van der Waals surface area (Å²) >= 11 is 0. The van der Waals surface area contributed by atoms with Crippen molar-refractivity contribution in [3.63, 3.8) is 0 Å². The summed E-state index contributed by atoms with van der Waals surface area (Å²) < 4.78 is 19.3. The number of morpholine rings is 1. The van der Waals surface area contributed by atoms with E-state index in [4.69, 9.17) is 4.74 Å². The van der Waals surface area contributed by atoms with Crippen molar-refractivity contribution in [1.29, 1.82) is 0 Å². The number of carbonyl (C=O) groups is 1. The zero-order chi connectivity index (χ0) is 21.4. The zero-order valence-electron chi connectivity index (χ0n) is 17.7. The molecule has 4 rings (SSSR count). The Morgan fingerprint density at radius 2 is 1.87 bits per heavy atom. The number of nitrogens with zero attached hydrogens (tertiary/aromatic N) is 1. The molecule has 0 saturated carbocycles. The fourth-order valence-electron chi connectivity index (χ4n) is 5.03. The molecular formula is C24H29FN2O3. The summed E-state index contributed by atoms with van der Waals surface area (Å²) in [6.07, 6.45) is 1.58. The van der Waals surface area contributed by atoms with E-state index in [0.717, 1.165) is 24.0 Å². The van der Waals surface area contributed by atoms with Crippen LogP contribution in [-0.2, 0) is 4.74 Å². The lowest BCUT2D eigenvalue weighted by Gasteiger charge is -2.51. The van der Waals surface area contributed by atoms with Gasteiger partial charge in [0, 0.05) is 29.7 Å². The number of aromatic hydroxyl groups is 1. The van der Waals surface area contributed by atoms with Crippen LogP contribution in [0, 0.1) is 19.7 Å². The molecule has 5 nitrogen and oxygen atoms in total. The van der Waals surface area contributed by atoms with Crippen molar-refractivity contribution < 1.29 is 19.0 Å². The number of hydrogen-bond donors (Lipinski definition) is 2. The summed E-state index contributed by atoms with van der Waals surface area (Å²) in [7, 11) is 0. The van der Waals surface area contributed by atoms with E-state index in [0.29, 0.717) is 24.5 Å². The minimum Gasteiger partial charge on any atom is -0.508 e. The number of halogens is 1. The molecule has 2 fully saturated rings. The van der Waals surface area contributed by atoms with Crippen molar-refractivity contribution in [1.82, 2.24) is 10.2 Å². The van der Waals surface area contributed by atoms with Crippen LogP contribution in [0.4, 0.5) is 4.39 Å². The standard InChI is InChI=1S/C24H29FN2O3/c1-14-15(2)23(28)8-7-22(14)16(3)27-20-10-19(11-21(27)13-30-12-20)26-24(29)17-5-4-6-18(25)9-17/h4-9,16,19-21,28H,10-13H2,1-3H3,(H,26,29). The lowest BCUT2D eigenvalue weighted by molar-refractivity contribution is -0.0977. The van der Waals surface area contributed by atoms with Crippen molar-refractivity contribution in [2.45, 2.75) is 57.8 Å². The molecule has 3 unspecified atom stereocenters. The molecule has 2 N–H and O–H groups in total. The minimum absolute atomic E-state index is 0.0331. The Hall–Kier alpha value is -2.44. The van der Waals surface area contributed by atoms with E-state index in [1.807, 2.05) is 13.0 Å². The van der Waals surface area contributed by atoms with Gasteiger partial charge in [0.1, 0.15) is 11.6 Å². The number of piperidine rings is 1. The van der Waals surface area contributed by atoms with Gasteiger partial charge in [-0.05, 0) is 74.6 Å². The molecule has 0 aromatic heterocycles. The van der Waals surface area contributed by atoms with Crippen LogP contribution < -0.4 is 5.32 Å². The lowest BCUT2D eigenvalue weighted by atomic mass is 9.86. The molecule has 0 spiro atoms. The van der Waals surface area contributed by atoms with Gasteiger partial charge in [0.15, 0.2) is 0 Å². The molecule has 30 heavy (non-hydrogen) atoms. The highest BCUT2D eigenvalue weighted by Crippen LogP contribution is 2.38. The van der Waals surface area contributed by atoms with Crippen molar-refractivity contribution in [3.8, 4) is 5.75 Å². The maximum atomic E-state index is 13.5. The number of phenolic OH excluding ortho intramolecular Hbond substituents is 1. The van der Waals surface area contributed by atoms with Crippen molar-refractivity contribution in [3.05, 3.63) is 64.5 Å². The largest absolute Gasteiger partial charge is 0.508 e. The molecule has 2 aliphatic heterocycles. The van der Waals surface area contributed by atoms with E-state index in [9.17, 15) is 14.3 Å². The summed E-state index contributed by atoms with van der Waals surface area (Å²) in [4.78, 5) is 15.1. The van der Waals surface area contributed by atoms with Gasteiger partial charge in [-0.15, -0.1) is 0 Å². The third-order valence-electron chi connectivity index (χ3n) is 6.70. The lowest BCUT2D eigenvalue weighted by Crippen LogP contribution is -2.61. The van der Waals surface area contributed by atoms with Gasteiger partial charge >= 0.3 is 0 Å². The van der Waals surface area contributed by atoms with Crippen molar-refractivity contribution in [2.24, 2.45) is 0 Å². The van der Waals surface area contributed by atoms with Crippen molar-refractivity contribution >= 4 is 5.91 Å². The second-order valence-electron chi connectivity index (χ2n) is 8.54. The molecule has 1 amide bonds. The third kappa shape index (κ3) is 3.94. The van der Waals surface area contributed by atoms with Crippen LogP contribution in [0.3, 0.4) is 0 Å². The summed E-state index contributed by atoms with van der Waals surface area (Å²) in [6, 6.07) is 10.2. The average molecular weight is 413 g/mol. The molecule has 0 aliphatic carbocycles. The number of phenols is 1. The number of rotatable bonds is 4. The van der Waals surface area contributed by atoms with E-state index in [1.54, 1.807) is 18.2 Å². The topological polar surface area (TPSA) is 61.8 Å². The molecule has 2 aliphatic rings. The highest BCUT2D eigenvalue weighted by Gasteiger charge is 2.42. The fourth-order valence-corrected chi connectivity index (χ4v) is 5.03. The quantitative estimate of drug-likeness (QED) is 0.800. The Labute approximate surface area is 176 Å². The van der Waals surface area contributed by atoms with Gasteiger partial charge in [-0.2, -0.15) is 0 Å². The molecule has 160 valence electrons. The van der Waals surface area contributed by atoms with E-state index in [-0.39, 0.29) is 30.1 Å². The molecule has 0 radical (unpaired) electrons. The van der Waals surface area contributed by atoms with Gasteiger partial charge in [0.05, 0.1) is 13.2 Å². The van der Waals surface area contributed by atoms with Crippen LogP contribution in [0.5, 0.6) is 5.75 Å². The molecule has 2 aromatic rings. The molecule has 2 saturated heterocycles. The maximum Gasteiger partial charge on any atom is 0.251 e. The van der Waals surface area contributed by atoms with Gasteiger partial charge in [-0.25, -0.2) is 4.39 Å². The SMILES string of the molecule is Cc1c(O)ccc(C(C)N2C3COCC2CC(NC(=O)c2cccc(F)c2)C3)c1C. The summed E-state index contributed by atoms with van der Waals surface area (Å²) in [5, 5.41) is 13.1. The zero-order valence-corrected chi connectivity index (χ0v) is 17.7. The van der Waals surface area contributed by atoms with Gasteiger partial charge in [0.25, 0.3) is 5.91 Å². The number of amides is 1. The Balaban J connectivity index is 1.50. The number of benzene rings is 2. The van der Waals surface area contributed by atoms with Crippen LogP contribution in [0.25, 0.3) is 0 Å². The fraction of sp³-hybridized carbons (Fsp3) is 0.458. The normalized spacial score (nSPS) is 25.0. The summed E-state index contributed by atoms with van der Waals surface area (Å²) in [6.45, 7) is 7.46. The first-order chi connectivity index (χ1) is 14.3. The Morgan fingerprint density at radius 3 is 2.53 bits per heavy atom. The Morgan fingerprint density at radius 1 is 1.17 bits per heavy atom. The summed E-state index contributed by atoms with van der Waals surface area (Å²) in [5.74, 6) is -0.313. The molecule has 2 heterocycles. The molecular weight excluding hydrogens is 383 g/mol. The predicted octanol–water partition coefficient (Wildman–Crippen LogP) is 3.87. The van der Waals surface area contributed by atoms with Gasteiger partial charge in [-0.1, -0.05) is 12.1 Å². The van der Waals surface area contributed by atoms with Gasteiger partial charge < -0.3 is 15.2 Å². The van der Waals surface area contributed by atoms with Gasteiger partial charge in [0.2, 0.25) is 0 Å². The number of hydrogen-bond acceptors (Lipinski definition) is 4. The highest BCUT2D eigenvalue weighted by molar-refractivity contribution is 5.94. The van der Waals surface area contributed by atoms with E-state index in [1.165, 1.54) is 17.7 Å². The first-order valence-corrected chi connectivity index (χ1v) is 10.6. The molecule has 6 heteroatoms.